The van der Waals surface area contributed by atoms with E-state index in [9.17, 15) is 9.59 Å². The predicted octanol–water partition coefficient (Wildman–Crippen LogP) is 5.81. The van der Waals surface area contributed by atoms with Crippen LogP contribution in [0.1, 0.15) is 17.3 Å². The number of fused-ring (bicyclic) bond motifs is 2. The van der Waals surface area contributed by atoms with Gasteiger partial charge in [-0.1, -0.05) is 41.7 Å². The lowest BCUT2D eigenvalue weighted by Gasteiger charge is -2.08. The number of hydrogen-bond donors (Lipinski definition) is 2. The van der Waals surface area contributed by atoms with E-state index >= 15 is 0 Å². The van der Waals surface area contributed by atoms with Crippen LogP contribution >= 0.6 is 23.1 Å². The molecule has 9 heteroatoms. The van der Waals surface area contributed by atoms with Gasteiger partial charge in [-0.3, -0.25) is 9.59 Å². The van der Waals surface area contributed by atoms with Crippen LogP contribution in [0.15, 0.2) is 83.9 Å². The highest BCUT2D eigenvalue weighted by Gasteiger charge is 2.13. The number of benzene rings is 3. The van der Waals surface area contributed by atoms with Gasteiger partial charge in [0.15, 0.2) is 5.13 Å². The van der Waals surface area contributed by atoms with Gasteiger partial charge in [0.05, 0.1) is 22.6 Å². The fourth-order valence-corrected chi connectivity index (χ4v) is 5.77. The maximum absolute atomic E-state index is 12.6. The number of thioether (sulfide) groups is 1. The number of para-hydroxylation sites is 2. The fourth-order valence-electron chi connectivity index (χ4n) is 4.00. The third-order valence-corrected chi connectivity index (χ3v) is 7.71. The van der Waals surface area contributed by atoms with Crippen LogP contribution in [-0.4, -0.2) is 40.3 Å². The molecule has 0 bridgehead atoms. The van der Waals surface area contributed by atoms with Crippen LogP contribution in [-0.2, 0) is 11.3 Å². The summed E-state index contributed by atoms with van der Waals surface area (Å²) in [4.78, 5) is 30.7. The van der Waals surface area contributed by atoms with Crippen molar-refractivity contribution in [2.75, 3.05) is 24.2 Å². The van der Waals surface area contributed by atoms with Gasteiger partial charge in [0.25, 0.3) is 5.91 Å². The van der Waals surface area contributed by atoms with Crippen LogP contribution in [0.3, 0.4) is 0 Å². The van der Waals surface area contributed by atoms with Gasteiger partial charge in [-0.2, -0.15) is 0 Å². The summed E-state index contributed by atoms with van der Waals surface area (Å²) < 4.78 is 8.59. The highest BCUT2D eigenvalue weighted by atomic mass is 32.2. The summed E-state index contributed by atoms with van der Waals surface area (Å²) in [5.74, 6) is 0.805. The molecular weight excluding hydrogens is 504 g/mol. The zero-order chi connectivity index (χ0) is 25.6. The third kappa shape index (κ3) is 5.95. The summed E-state index contributed by atoms with van der Waals surface area (Å²) in [7, 11) is 0. The predicted molar refractivity (Wildman–Crippen MR) is 151 cm³/mol. The second kappa shape index (κ2) is 11.5. The number of anilines is 1. The molecule has 0 aliphatic carbocycles. The molecule has 0 aliphatic heterocycles. The van der Waals surface area contributed by atoms with Crippen LogP contribution in [0.2, 0.25) is 0 Å². The Morgan fingerprint density at radius 2 is 1.81 bits per heavy atom. The maximum atomic E-state index is 12.6. The molecule has 37 heavy (non-hydrogen) atoms. The minimum atomic E-state index is -0.124. The molecule has 5 rings (SSSR count). The molecule has 0 aliphatic rings. The minimum absolute atomic E-state index is 0.0940. The topological polar surface area (TPSA) is 85.2 Å². The molecule has 0 saturated heterocycles. The van der Waals surface area contributed by atoms with Crippen LogP contribution in [0.4, 0.5) is 5.13 Å². The van der Waals surface area contributed by atoms with Crippen molar-refractivity contribution < 1.29 is 14.3 Å². The quantitative estimate of drug-likeness (QED) is 0.223. The summed E-state index contributed by atoms with van der Waals surface area (Å²) in [6.45, 7) is 3.60. The summed E-state index contributed by atoms with van der Waals surface area (Å²) >= 11 is 2.96. The Bertz CT molecular complexity index is 1510. The fraction of sp³-hybridized carbons (Fsp3) is 0.179. The van der Waals surface area contributed by atoms with E-state index in [-0.39, 0.29) is 17.6 Å². The van der Waals surface area contributed by atoms with E-state index in [4.69, 9.17) is 4.74 Å². The normalized spacial score (nSPS) is 11.1. The Morgan fingerprint density at radius 3 is 2.62 bits per heavy atom. The molecule has 0 spiro atoms. The van der Waals surface area contributed by atoms with Crippen LogP contribution in [0.5, 0.6) is 5.75 Å². The Kier molecular flexibility index (Phi) is 7.72. The van der Waals surface area contributed by atoms with E-state index in [0.717, 1.165) is 31.8 Å². The molecule has 3 aromatic carbocycles. The first-order chi connectivity index (χ1) is 18.1. The van der Waals surface area contributed by atoms with Gasteiger partial charge in [-0.25, -0.2) is 4.98 Å². The van der Waals surface area contributed by atoms with Gasteiger partial charge < -0.3 is 19.9 Å². The first-order valence-corrected chi connectivity index (χ1v) is 13.8. The molecule has 0 atom stereocenters. The van der Waals surface area contributed by atoms with Gasteiger partial charge in [0, 0.05) is 40.6 Å². The van der Waals surface area contributed by atoms with Gasteiger partial charge in [0.2, 0.25) is 5.91 Å². The number of rotatable bonds is 10. The number of carbonyl (C=O) groups excluding carboxylic acids is 2. The second-order valence-electron chi connectivity index (χ2n) is 8.24. The van der Waals surface area contributed by atoms with Crippen LogP contribution < -0.4 is 15.4 Å². The first-order valence-electron chi connectivity index (χ1n) is 12.0. The lowest BCUT2D eigenvalue weighted by molar-refractivity contribution is -0.113. The molecule has 5 aromatic rings. The van der Waals surface area contributed by atoms with E-state index in [2.05, 4.69) is 32.3 Å². The number of aromatic nitrogens is 2. The highest BCUT2D eigenvalue weighted by molar-refractivity contribution is 8.00. The van der Waals surface area contributed by atoms with Crippen LogP contribution in [0, 0.1) is 0 Å². The average molecular weight is 531 g/mol. The number of thiazole rings is 1. The number of carbonyl (C=O) groups is 2. The molecule has 2 amide bonds. The zero-order valence-corrected chi connectivity index (χ0v) is 21.9. The molecule has 0 saturated carbocycles. The molecule has 0 radical (unpaired) electrons. The third-order valence-electron chi connectivity index (χ3n) is 5.72. The average Bonchev–Trinajstić information content (AvgIpc) is 3.49. The van der Waals surface area contributed by atoms with E-state index in [1.165, 1.54) is 23.1 Å². The number of amides is 2. The molecule has 188 valence electrons. The molecular formula is C28H26N4O3S2. The molecule has 7 nitrogen and oxygen atoms in total. The number of nitrogens with one attached hydrogen (secondary N) is 2. The smallest absolute Gasteiger partial charge is 0.251 e. The molecule has 0 fully saturated rings. The van der Waals surface area contributed by atoms with E-state index < -0.39 is 0 Å². The maximum Gasteiger partial charge on any atom is 0.251 e. The number of ether oxygens (including phenoxy) is 1. The number of hydrogen-bond acceptors (Lipinski definition) is 6. The van der Waals surface area contributed by atoms with Crippen molar-refractivity contribution in [2.45, 2.75) is 18.4 Å². The monoisotopic (exact) mass is 530 g/mol. The number of nitrogens with zero attached hydrogens (tertiary/aromatic N) is 2. The van der Waals surface area contributed by atoms with E-state index in [0.29, 0.717) is 30.4 Å². The van der Waals surface area contributed by atoms with Crippen molar-refractivity contribution in [3.05, 3.63) is 84.6 Å². The van der Waals surface area contributed by atoms with Crippen LogP contribution in [0.25, 0.3) is 21.1 Å². The molecule has 2 N–H and O–H groups in total. The van der Waals surface area contributed by atoms with Crippen molar-refractivity contribution in [2.24, 2.45) is 0 Å². The largest absolute Gasteiger partial charge is 0.494 e. The summed E-state index contributed by atoms with van der Waals surface area (Å²) in [5.41, 5.74) is 2.54. The standard InChI is InChI=1S/C28H26N4O3S2/c1-2-35-20-13-11-19(12-14-20)27(34)29-15-16-32-17-25(21-7-3-5-9-23(21)32)36-18-26(33)31-28-30-22-8-4-6-10-24(22)37-28/h3-14,17H,2,15-16,18H2,1H3,(H,29,34)(H,30,31,33). The molecule has 0 unspecified atom stereocenters. The molecule has 2 aromatic heterocycles. The Morgan fingerprint density at radius 1 is 1.03 bits per heavy atom. The van der Waals surface area contributed by atoms with E-state index in [1.54, 1.807) is 24.3 Å². The first kappa shape index (κ1) is 24.9. The van der Waals surface area contributed by atoms with Crippen molar-refractivity contribution >= 4 is 61.2 Å². The lowest BCUT2D eigenvalue weighted by Crippen LogP contribution is -2.27. The second-order valence-corrected chi connectivity index (χ2v) is 10.3. The van der Waals surface area contributed by atoms with Gasteiger partial charge in [-0.05, 0) is 49.4 Å². The van der Waals surface area contributed by atoms with Crippen molar-refractivity contribution in [1.82, 2.24) is 14.9 Å². The van der Waals surface area contributed by atoms with Gasteiger partial charge in [0.1, 0.15) is 5.75 Å². The summed E-state index contributed by atoms with van der Waals surface area (Å²) in [6.07, 6.45) is 2.04. The lowest BCUT2D eigenvalue weighted by atomic mass is 10.2. The summed E-state index contributed by atoms with van der Waals surface area (Å²) in [6, 6.07) is 23.0. The van der Waals surface area contributed by atoms with E-state index in [1.807, 2.05) is 49.5 Å². The summed E-state index contributed by atoms with van der Waals surface area (Å²) in [5, 5.41) is 7.59. The Hall–Kier alpha value is -3.82. The van der Waals surface area contributed by atoms with Crippen molar-refractivity contribution in [3.8, 4) is 5.75 Å². The van der Waals surface area contributed by atoms with Gasteiger partial charge >= 0.3 is 0 Å². The minimum Gasteiger partial charge on any atom is -0.494 e. The zero-order valence-electron chi connectivity index (χ0n) is 20.3. The Labute approximate surface area is 222 Å². The van der Waals surface area contributed by atoms with Crippen molar-refractivity contribution in [1.29, 1.82) is 0 Å². The highest BCUT2D eigenvalue weighted by Crippen LogP contribution is 2.31. The SMILES string of the molecule is CCOc1ccc(C(=O)NCCn2cc(SCC(=O)Nc3nc4ccccc4s3)c3ccccc32)cc1. The van der Waals surface area contributed by atoms with Crippen molar-refractivity contribution in [3.63, 3.8) is 0 Å². The molecule has 2 heterocycles. The van der Waals surface area contributed by atoms with Gasteiger partial charge in [-0.15, -0.1) is 11.8 Å². The Balaban J connectivity index is 1.19.